The van der Waals surface area contributed by atoms with Gasteiger partial charge in [-0.1, -0.05) is 29.3 Å². The highest BCUT2D eigenvalue weighted by molar-refractivity contribution is 7.48. The van der Waals surface area contributed by atoms with Crippen molar-refractivity contribution in [1.29, 1.82) is 0 Å². The Kier molecular flexibility index (Phi) is 6.83. The van der Waals surface area contributed by atoms with Crippen molar-refractivity contribution in [3.63, 3.8) is 0 Å². The minimum absolute atomic E-state index is 0.0123. The van der Waals surface area contributed by atoms with Gasteiger partial charge in [-0.3, -0.25) is 18.1 Å². The summed E-state index contributed by atoms with van der Waals surface area (Å²) in [6, 6.07) is 5.84. The zero-order valence-corrected chi connectivity index (χ0v) is 19.1. The Morgan fingerprint density at radius 2 is 2.09 bits per heavy atom. The molecule has 10 nitrogen and oxygen atoms in total. The van der Waals surface area contributed by atoms with E-state index in [4.69, 9.17) is 47.2 Å². The maximum Gasteiger partial charge on any atom is 0.475 e. The first-order valence-corrected chi connectivity index (χ1v) is 11.8. The molecule has 2 saturated heterocycles. The number of hydrogen-bond acceptors (Lipinski definition) is 9. The van der Waals surface area contributed by atoms with E-state index in [1.165, 1.54) is 6.07 Å². The Morgan fingerprint density at radius 1 is 1.33 bits per heavy atom. The van der Waals surface area contributed by atoms with E-state index in [1.54, 1.807) is 12.1 Å². The summed E-state index contributed by atoms with van der Waals surface area (Å²) in [5, 5.41) is 10.7. The Balaban J connectivity index is 1.46. The summed E-state index contributed by atoms with van der Waals surface area (Å²) in [6.45, 7) is -0.780. The highest BCUT2D eigenvalue weighted by Gasteiger charge is 2.60. The van der Waals surface area contributed by atoms with Crippen LogP contribution >= 0.6 is 31.0 Å². The highest BCUT2D eigenvalue weighted by Crippen LogP contribution is 2.57. The summed E-state index contributed by atoms with van der Waals surface area (Å²) in [7, 11) is -4.20. The van der Waals surface area contributed by atoms with Gasteiger partial charge in [-0.2, -0.15) is 13.8 Å². The number of aliphatic hydroxyl groups excluding tert-OH is 1. The Hall–Kier alpha value is -1.63. The first-order valence-electron chi connectivity index (χ1n) is 9.58. The fourth-order valence-electron chi connectivity index (χ4n) is 3.39. The van der Waals surface area contributed by atoms with Crippen LogP contribution in [0.5, 0.6) is 0 Å². The lowest BCUT2D eigenvalue weighted by Crippen LogP contribution is -2.42. The number of hydrogen-bond donors (Lipinski definition) is 2. The molecule has 0 radical (unpaired) electrons. The van der Waals surface area contributed by atoms with Crippen LogP contribution in [0.2, 0.25) is 10.0 Å². The van der Waals surface area contributed by atoms with Gasteiger partial charge in [0, 0.05) is 12.6 Å². The monoisotopic (exact) mass is 527 g/mol. The molecule has 0 bridgehead atoms. The van der Waals surface area contributed by atoms with Gasteiger partial charge in [0.15, 0.2) is 6.10 Å². The maximum absolute atomic E-state index is 14.6. The van der Waals surface area contributed by atoms with Gasteiger partial charge in [0.25, 0.3) is 0 Å². The largest absolute Gasteiger partial charge is 0.475 e. The number of ether oxygens (including phenoxy) is 1. The predicted octanol–water partition coefficient (Wildman–Crippen LogP) is 3.33. The molecule has 2 aliphatic rings. The second kappa shape index (κ2) is 9.20. The number of nitrogens with two attached hydrogens (primary N) is 1. The Labute approximate surface area is 195 Å². The number of alkyl halides is 2. The number of phosphoric ester groups is 1. The van der Waals surface area contributed by atoms with Crippen molar-refractivity contribution in [3.05, 3.63) is 56.6 Å². The first-order chi connectivity index (χ1) is 15.5. The molecule has 1 aromatic heterocycles. The molecule has 1 aromatic carbocycles. The fourth-order valence-corrected chi connectivity index (χ4v) is 5.09. The third-order valence-electron chi connectivity index (χ3n) is 5.08. The van der Waals surface area contributed by atoms with Crippen LogP contribution in [0.15, 0.2) is 35.3 Å². The van der Waals surface area contributed by atoms with Crippen LogP contribution in [-0.2, 0) is 22.9 Å². The quantitative estimate of drug-likeness (QED) is 0.561. The number of halogens is 4. The van der Waals surface area contributed by atoms with Crippen LogP contribution in [0.4, 0.5) is 14.6 Å². The SMILES string of the molecule is Nc1ccn([C@@H]2O[C@H](COP3(=O)OCC[C@H](c4ccc(Cl)c(Cl)c4)O3)[C@@H](O)C2(F)F)c(=O)n1. The van der Waals surface area contributed by atoms with E-state index in [0.717, 1.165) is 12.3 Å². The van der Waals surface area contributed by atoms with Gasteiger partial charge in [0.2, 0.25) is 6.23 Å². The summed E-state index contributed by atoms with van der Waals surface area (Å²) < 4.78 is 63.6. The highest BCUT2D eigenvalue weighted by atomic mass is 35.5. The molecule has 0 amide bonds. The average molecular weight is 528 g/mol. The molecular weight excluding hydrogens is 510 g/mol. The van der Waals surface area contributed by atoms with E-state index in [0.29, 0.717) is 21.6 Å². The minimum Gasteiger partial charge on any atom is -0.384 e. The van der Waals surface area contributed by atoms with Gasteiger partial charge in [0.05, 0.1) is 29.4 Å². The number of nitrogen functional groups attached to an aromatic ring is 1. The number of rotatable bonds is 5. The average Bonchev–Trinajstić information content (AvgIpc) is 2.98. The molecule has 2 fully saturated rings. The molecule has 4 rings (SSSR count). The van der Waals surface area contributed by atoms with E-state index in [2.05, 4.69) is 4.98 Å². The van der Waals surface area contributed by atoms with E-state index < -0.39 is 50.6 Å². The van der Waals surface area contributed by atoms with Crippen molar-refractivity contribution >= 4 is 36.8 Å². The molecule has 3 N–H and O–H groups in total. The standard InChI is InChI=1S/C18H18Cl2F2N3O7P/c19-10-2-1-9(7-11(10)20)12-4-6-29-33(28,32-12)30-8-13-15(26)18(21,22)16(31-13)25-5-3-14(23)24-17(25)27/h1-3,5,7,12-13,15-16,26H,4,6,8H2,(H2,23,24,27)/t12-,13-,15-,16-,33?/m1/s1. The van der Waals surface area contributed by atoms with Gasteiger partial charge >= 0.3 is 19.4 Å². The van der Waals surface area contributed by atoms with Crippen molar-refractivity contribution in [3.8, 4) is 0 Å². The Bertz CT molecular complexity index is 1150. The third kappa shape index (κ3) is 4.94. The molecular formula is C18H18Cl2F2N3O7P. The molecule has 1 unspecified atom stereocenters. The van der Waals surface area contributed by atoms with Crippen LogP contribution in [0.25, 0.3) is 0 Å². The number of aliphatic hydroxyl groups is 1. The molecule has 3 heterocycles. The van der Waals surface area contributed by atoms with Crippen LogP contribution in [0.1, 0.15) is 24.3 Å². The van der Waals surface area contributed by atoms with Crippen molar-refractivity contribution < 1.29 is 36.8 Å². The number of nitrogens with zero attached hydrogens (tertiary/aromatic N) is 2. The number of aromatic nitrogens is 2. The van der Waals surface area contributed by atoms with Crippen molar-refractivity contribution in [2.45, 2.75) is 36.9 Å². The topological polar surface area (TPSA) is 135 Å². The van der Waals surface area contributed by atoms with Crippen LogP contribution in [-0.4, -0.2) is 46.0 Å². The van der Waals surface area contributed by atoms with Gasteiger partial charge < -0.3 is 15.6 Å². The van der Waals surface area contributed by atoms with Gasteiger partial charge in [-0.15, -0.1) is 0 Å². The molecule has 0 saturated carbocycles. The molecule has 0 spiro atoms. The number of phosphoric acid groups is 1. The van der Waals surface area contributed by atoms with E-state index in [9.17, 15) is 23.2 Å². The second-order valence-electron chi connectivity index (χ2n) is 7.32. The van der Waals surface area contributed by atoms with E-state index in [1.807, 2.05) is 0 Å². The number of anilines is 1. The summed E-state index contributed by atoms with van der Waals surface area (Å²) in [5.41, 5.74) is 4.84. The van der Waals surface area contributed by atoms with Crippen LogP contribution in [0, 0.1) is 0 Å². The molecule has 0 aliphatic carbocycles. The molecule has 15 heteroatoms. The first kappa shape index (κ1) is 24.5. The molecule has 180 valence electrons. The van der Waals surface area contributed by atoms with Crippen LogP contribution < -0.4 is 11.4 Å². The van der Waals surface area contributed by atoms with E-state index >= 15 is 0 Å². The zero-order chi connectivity index (χ0) is 24.0. The lowest BCUT2D eigenvalue weighted by Gasteiger charge is -2.30. The van der Waals surface area contributed by atoms with Gasteiger partial charge in [-0.25, -0.2) is 9.36 Å². The fraction of sp³-hybridized carbons (Fsp3) is 0.444. The molecule has 5 atom stereocenters. The summed E-state index contributed by atoms with van der Waals surface area (Å²) in [6.07, 6.45) is -5.65. The van der Waals surface area contributed by atoms with Gasteiger partial charge in [-0.05, 0) is 23.8 Å². The van der Waals surface area contributed by atoms with Crippen molar-refractivity contribution in [1.82, 2.24) is 9.55 Å². The smallest absolute Gasteiger partial charge is 0.384 e. The lowest BCUT2D eigenvalue weighted by molar-refractivity contribution is -0.140. The normalized spacial score (nSPS) is 31.5. The predicted molar refractivity (Wildman–Crippen MR) is 112 cm³/mol. The van der Waals surface area contributed by atoms with Crippen LogP contribution in [0.3, 0.4) is 0 Å². The zero-order valence-electron chi connectivity index (χ0n) is 16.6. The number of benzene rings is 1. The lowest BCUT2D eigenvalue weighted by atomic mass is 10.1. The minimum atomic E-state index is -4.20. The third-order valence-corrected chi connectivity index (χ3v) is 7.30. The van der Waals surface area contributed by atoms with Crippen molar-refractivity contribution in [2.75, 3.05) is 18.9 Å². The van der Waals surface area contributed by atoms with Gasteiger partial charge in [0.1, 0.15) is 11.9 Å². The Morgan fingerprint density at radius 3 is 2.79 bits per heavy atom. The van der Waals surface area contributed by atoms with Crippen molar-refractivity contribution in [2.24, 2.45) is 0 Å². The summed E-state index contributed by atoms with van der Waals surface area (Å²) in [5.74, 6) is -4.06. The molecule has 2 aromatic rings. The molecule has 33 heavy (non-hydrogen) atoms. The van der Waals surface area contributed by atoms with E-state index in [-0.39, 0.29) is 17.4 Å². The summed E-state index contributed by atoms with van der Waals surface area (Å²) in [4.78, 5) is 15.3. The second-order valence-corrected chi connectivity index (χ2v) is 9.76. The maximum atomic E-state index is 14.6. The molecule has 2 aliphatic heterocycles. The summed E-state index contributed by atoms with van der Waals surface area (Å²) >= 11 is 11.9.